The molecule has 0 saturated heterocycles. The summed E-state index contributed by atoms with van der Waals surface area (Å²) in [6.07, 6.45) is 5.77. The van der Waals surface area contributed by atoms with E-state index in [-0.39, 0.29) is 0 Å². The maximum absolute atomic E-state index is 10.7. The second-order valence-corrected chi connectivity index (χ2v) is 6.55. The van der Waals surface area contributed by atoms with Gasteiger partial charge in [0, 0.05) is 13.2 Å². The van der Waals surface area contributed by atoms with Gasteiger partial charge in [-0.15, -0.1) is 0 Å². The Morgan fingerprint density at radius 3 is 2.35 bits per heavy atom. The third-order valence-electron chi connectivity index (χ3n) is 4.23. The first-order valence-electron chi connectivity index (χ1n) is 6.54. The molecule has 96 valence electrons. The maximum atomic E-state index is 10.7. The van der Waals surface area contributed by atoms with Crippen molar-refractivity contribution < 1.29 is 5.11 Å². The number of hydrogen-bond acceptors (Lipinski definition) is 2. The van der Waals surface area contributed by atoms with Gasteiger partial charge < -0.3 is 5.11 Å². The molecule has 0 amide bonds. The molecule has 1 aromatic heterocycles. The van der Waals surface area contributed by atoms with Crippen LogP contribution in [0.3, 0.4) is 0 Å². The van der Waals surface area contributed by atoms with E-state index in [1.165, 1.54) is 0 Å². The highest BCUT2D eigenvalue weighted by Crippen LogP contribution is 2.44. The van der Waals surface area contributed by atoms with Crippen molar-refractivity contribution in [3.05, 3.63) is 18.0 Å². The number of rotatable bonds is 1. The second-order valence-electron chi connectivity index (χ2n) is 6.55. The third-order valence-corrected chi connectivity index (χ3v) is 4.23. The van der Waals surface area contributed by atoms with Crippen molar-refractivity contribution in [3.63, 3.8) is 0 Å². The topological polar surface area (TPSA) is 38.0 Å². The summed E-state index contributed by atoms with van der Waals surface area (Å²) in [4.78, 5) is 0. The van der Waals surface area contributed by atoms with Gasteiger partial charge in [0.2, 0.25) is 0 Å². The summed E-state index contributed by atoms with van der Waals surface area (Å²) in [5.41, 5.74) is 0.501. The van der Waals surface area contributed by atoms with Gasteiger partial charge in [-0.25, -0.2) is 0 Å². The Hall–Kier alpha value is -0.830. The highest BCUT2D eigenvalue weighted by molar-refractivity contribution is 5.12. The largest absolute Gasteiger partial charge is 0.383 e. The molecule has 0 unspecified atom stereocenters. The normalized spacial score (nSPS) is 30.5. The van der Waals surface area contributed by atoms with E-state index in [2.05, 4.69) is 25.9 Å². The Morgan fingerprint density at radius 1 is 1.35 bits per heavy atom. The highest BCUT2D eigenvalue weighted by atomic mass is 16.3. The monoisotopic (exact) mass is 236 g/mol. The summed E-state index contributed by atoms with van der Waals surface area (Å²) in [6.45, 7) is 6.88. The van der Waals surface area contributed by atoms with E-state index < -0.39 is 5.60 Å². The van der Waals surface area contributed by atoms with Crippen LogP contribution in [0.2, 0.25) is 0 Å². The summed E-state index contributed by atoms with van der Waals surface area (Å²) in [5, 5.41) is 15.0. The van der Waals surface area contributed by atoms with E-state index in [0.717, 1.165) is 31.4 Å². The Bertz CT molecular complexity index is 381. The molecule has 0 aromatic carbocycles. The van der Waals surface area contributed by atoms with Gasteiger partial charge in [0.1, 0.15) is 5.60 Å². The lowest BCUT2D eigenvalue weighted by Gasteiger charge is -2.40. The van der Waals surface area contributed by atoms with E-state index >= 15 is 0 Å². The van der Waals surface area contributed by atoms with Crippen molar-refractivity contribution in [2.75, 3.05) is 0 Å². The first-order valence-corrected chi connectivity index (χ1v) is 6.54. The zero-order valence-electron chi connectivity index (χ0n) is 11.4. The van der Waals surface area contributed by atoms with Crippen LogP contribution in [0.4, 0.5) is 0 Å². The summed E-state index contributed by atoms with van der Waals surface area (Å²) in [7, 11) is 1.90. The Kier molecular flexibility index (Phi) is 3.06. The fourth-order valence-electron chi connectivity index (χ4n) is 2.88. The number of aromatic nitrogens is 2. The molecule has 0 aliphatic heterocycles. The van der Waals surface area contributed by atoms with Gasteiger partial charge in [-0.1, -0.05) is 20.8 Å². The van der Waals surface area contributed by atoms with Crippen LogP contribution in [0, 0.1) is 11.3 Å². The Morgan fingerprint density at radius 2 is 1.94 bits per heavy atom. The number of aliphatic hydroxyl groups is 1. The number of aryl methyl sites for hydroxylation is 1. The minimum Gasteiger partial charge on any atom is -0.383 e. The molecule has 0 bridgehead atoms. The van der Waals surface area contributed by atoms with Crippen LogP contribution in [0.1, 0.15) is 52.1 Å². The summed E-state index contributed by atoms with van der Waals surface area (Å²) in [5.74, 6) is 0.714. The molecule has 1 fully saturated rings. The van der Waals surface area contributed by atoms with E-state index in [4.69, 9.17) is 0 Å². The summed E-state index contributed by atoms with van der Waals surface area (Å²) >= 11 is 0. The SMILES string of the molecule is Cn1ccc(C2(O)CCC(C(C)(C)C)CC2)n1. The third kappa shape index (κ3) is 2.54. The molecule has 0 atom stereocenters. The van der Waals surface area contributed by atoms with Gasteiger partial charge in [0.25, 0.3) is 0 Å². The molecular weight excluding hydrogens is 212 g/mol. The predicted molar refractivity (Wildman–Crippen MR) is 68.5 cm³/mol. The fraction of sp³-hybridized carbons (Fsp3) is 0.786. The van der Waals surface area contributed by atoms with Crippen LogP contribution in [0.25, 0.3) is 0 Å². The van der Waals surface area contributed by atoms with Crippen molar-refractivity contribution in [2.45, 2.75) is 52.1 Å². The average Bonchev–Trinajstić information content (AvgIpc) is 2.65. The molecule has 17 heavy (non-hydrogen) atoms. The minimum atomic E-state index is -0.691. The second kappa shape index (κ2) is 4.13. The molecule has 0 spiro atoms. The van der Waals surface area contributed by atoms with Gasteiger partial charge in [-0.2, -0.15) is 5.10 Å². The van der Waals surface area contributed by atoms with Gasteiger partial charge in [0.15, 0.2) is 0 Å². The van der Waals surface area contributed by atoms with Gasteiger partial charge >= 0.3 is 0 Å². The predicted octanol–water partition coefficient (Wildman–Crippen LogP) is 2.84. The molecule has 0 radical (unpaired) electrons. The quantitative estimate of drug-likeness (QED) is 0.814. The number of nitrogens with zero attached hydrogens (tertiary/aromatic N) is 2. The van der Waals surface area contributed by atoms with Crippen LogP contribution in [0.15, 0.2) is 12.3 Å². The fourth-order valence-corrected chi connectivity index (χ4v) is 2.88. The molecule has 1 aliphatic carbocycles. The van der Waals surface area contributed by atoms with Crippen LogP contribution >= 0.6 is 0 Å². The molecule has 2 rings (SSSR count). The lowest BCUT2D eigenvalue weighted by atomic mass is 9.68. The van der Waals surface area contributed by atoms with Crippen molar-refractivity contribution in [3.8, 4) is 0 Å². The first kappa shape index (κ1) is 12.6. The summed E-state index contributed by atoms with van der Waals surface area (Å²) in [6, 6.07) is 1.94. The molecule has 3 nitrogen and oxygen atoms in total. The molecule has 1 N–H and O–H groups in total. The highest BCUT2D eigenvalue weighted by Gasteiger charge is 2.39. The van der Waals surface area contributed by atoms with E-state index in [0.29, 0.717) is 11.3 Å². The van der Waals surface area contributed by atoms with Crippen LogP contribution in [0.5, 0.6) is 0 Å². The lowest BCUT2D eigenvalue weighted by molar-refractivity contribution is -0.0334. The zero-order chi connectivity index (χ0) is 12.7. The lowest BCUT2D eigenvalue weighted by Crippen LogP contribution is -2.35. The molecule has 3 heteroatoms. The average molecular weight is 236 g/mol. The standard InChI is InChI=1S/C14H24N2O/c1-13(2,3)11-5-8-14(17,9-6-11)12-7-10-16(4)15-12/h7,10-11,17H,5-6,8-9H2,1-4H3. The van der Waals surface area contributed by atoms with Crippen LogP contribution < -0.4 is 0 Å². The maximum Gasteiger partial charge on any atom is 0.108 e. The van der Waals surface area contributed by atoms with Crippen molar-refractivity contribution in [2.24, 2.45) is 18.4 Å². The molecule has 1 aromatic rings. The molecule has 1 saturated carbocycles. The Balaban J connectivity index is 2.07. The van der Waals surface area contributed by atoms with E-state index in [9.17, 15) is 5.11 Å². The van der Waals surface area contributed by atoms with E-state index in [1.54, 1.807) is 4.68 Å². The van der Waals surface area contributed by atoms with Crippen molar-refractivity contribution in [1.82, 2.24) is 9.78 Å². The molecular formula is C14H24N2O. The van der Waals surface area contributed by atoms with Crippen molar-refractivity contribution in [1.29, 1.82) is 0 Å². The van der Waals surface area contributed by atoms with E-state index in [1.807, 2.05) is 19.3 Å². The minimum absolute atomic E-state index is 0.353. The van der Waals surface area contributed by atoms with Crippen molar-refractivity contribution >= 4 is 0 Å². The Labute approximate surface area is 104 Å². The van der Waals surface area contributed by atoms with Gasteiger partial charge in [-0.3, -0.25) is 4.68 Å². The summed E-state index contributed by atoms with van der Waals surface area (Å²) < 4.78 is 1.77. The number of hydrogen-bond donors (Lipinski definition) is 1. The first-order chi connectivity index (χ1) is 7.81. The zero-order valence-corrected chi connectivity index (χ0v) is 11.4. The van der Waals surface area contributed by atoms with Crippen LogP contribution in [-0.2, 0) is 12.6 Å². The smallest absolute Gasteiger partial charge is 0.108 e. The molecule has 1 aliphatic rings. The van der Waals surface area contributed by atoms with Gasteiger partial charge in [0.05, 0.1) is 5.69 Å². The van der Waals surface area contributed by atoms with Crippen LogP contribution in [-0.4, -0.2) is 14.9 Å². The molecule has 1 heterocycles. The van der Waals surface area contributed by atoms with Gasteiger partial charge in [-0.05, 0) is 43.1 Å².